The van der Waals surface area contributed by atoms with E-state index >= 15 is 0 Å². The number of hydrogen-bond donors (Lipinski definition) is 1. The third-order valence-corrected chi connectivity index (χ3v) is 5.24. The molecule has 0 spiro atoms. The van der Waals surface area contributed by atoms with E-state index in [0.29, 0.717) is 17.9 Å². The molecule has 3 rings (SSSR count). The highest BCUT2D eigenvalue weighted by atomic mass is 32.2. The lowest BCUT2D eigenvalue weighted by atomic mass is 10.0. The number of aromatic nitrogens is 1. The molecule has 0 radical (unpaired) electrons. The molecule has 0 aliphatic carbocycles. The molecule has 0 fully saturated rings. The van der Waals surface area contributed by atoms with Gasteiger partial charge in [-0.25, -0.2) is 18.1 Å². The summed E-state index contributed by atoms with van der Waals surface area (Å²) in [5.41, 5.74) is -2.16. The summed E-state index contributed by atoms with van der Waals surface area (Å²) in [5.74, 6) is 0.595. The zero-order chi connectivity index (χ0) is 18.3. The molecule has 0 unspecified atom stereocenters. The molecule has 0 bridgehead atoms. The molecule has 1 aromatic carbocycles. The van der Waals surface area contributed by atoms with Crippen LogP contribution in [-0.4, -0.2) is 26.1 Å². The molecule has 1 aromatic heterocycles. The summed E-state index contributed by atoms with van der Waals surface area (Å²) in [5, 5.41) is 6.15. The molecule has 11 heteroatoms. The van der Waals surface area contributed by atoms with Crippen molar-refractivity contribution in [2.24, 2.45) is 10.2 Å². The topological polar surface area (TPSA) is 96.9 Å². The highest BCUT2D eigenvalue weighted by molar-refractivity contribution is 7.89. The van der Waals surface area contributed by atoms with Gasteiger partial charge in [-0.15, -0.1) is 10.2 Å². The van der Waals surface area contributed by atoms with Crippen molar-refractivity contribution in [1.29, 1.82) is 0 Å². The van der Waals surface area contributed by atoms with Crippen LogP contribution in [-0.2, 0) is 22.1 Å². The van der Waals surface area contributed by atoms with Crippen LogP contribution in [0.2, 0.25) is 0 Å². The third-order valence-electron chi connectivity index (χ3n) is 3.76. The van der Waals surface area contributed by atoms with Gasteiger partial charge in [0.1, 0.15) is 5.76 Å². The molecule has 1 aliphatic rings. The minimum absolute atomic E-state index is 0.0780. The van der Waals surface area contributed by atoms with E-state index in [4.69, 9.17) is 4.42 Å². The minimum Gasteiger partial charge on any atom is -0.449 e. The number of sulfonamides is 1. The monoisotopic (exact) mass is 374 g/mol. The lowest BCUT2D eigenvalue weighted by Crippen LogP contribution is -2.30. The molecular weight excluding hydrogens is 361 g/mol. The van der Waals surface area contributed by atoms with Crippen molar-refractivity contribution in [2.45, 2.75) is 30.1 Å². The van der Waals surface area contributed by atoms with Crippen LogP contribution in [0.1, 0.15) is 17.0 Å². The van der Waals surface area contributed by atoms with Crippen molar-refractivity contribution in [3.8, 4) is 0 Å². The second-order valence-electron chi connectivity index (χ2n) is 5.40. The molecule has 25 heavy (non-hydrogen) atoms. The second-order valence-corrected chi connectivity index (χ2v) is 7.16. The first-order valence-corrected chi connectivity index (χ1v) is 8.64. The van der Waals surface area contributed by atoms with Crippen molar-refractivity contribution in [3.05, 3.63) is 47.7 Å². The first-order chi connectivity index (χ1) is 11.7. The molecular formula is C14H13F3N4O3S. The number of oxazole rings is 1. The number of nitrogens with one attached hydrogen (secondary N) is 1. The van der Waals surface area contributed by atoms with Gasteiger partial charge >= 0.3 is 11.8 Å². The molecule has 1 aliphatic heterocycles. The molecule has 0 saturated carbocycles. The number of nitrogens with zero attached hydrogens (tertiary/aromatic N) is 3. The molecule has 2 heterocycles. The maximum Gasteiger partial charge on any atom is 0.442 e. The highest BCUT2D eigenvalue weighted by Gasteiger charge is 2.65. The van der Waals surface area contributed by atoms with Crippen molar-refractivity contribution in [2.75, 3.05) is 6.54 Å². The van der Waals surface area contributed by atoms with E-state index < -0.39 is 21.9 Å². The zero-order valence-corrected chi connectivity index (χ0v) is 13.7. The van der Waals surface area contributed by atoms with E-state index in [-0.39, 0.29) is 17.0 Å². The largest absolute Gasteiger partial charge is 0.449 e. The Kier molecular flexibility index (Phi) is 4.15. The maximum absolute atomic E-state index is 12.9. The van der Waals surface area contributed by atoms with Crippen molar-refractivity contribution in [1.82, 2.24) is 9.71 Å². The highest BCUT2D eigenvalue weighted by Crippen LogP contribution is 2.52. The van der Waals surface area contributed by atoms with Gasteiger partial charge in [0.25, 0.3) is 0 Å². The van der Waals surface area contributed by atoms with Gasteiger partial charge in [0.2, 0.25) is 10.0 Å². The lowest BCUT2D eigenvalue weighted by Gasteiger charge is -2.15. The summed E-state index contributed by atoms with van der Waals surface area (Å²) in [7, 11) is -3.85. The molecule has 1 N–H and O–H groups in total. The maximum atomic E-state index is 12.9. The predicted molar refractivity (Wildman–Crippen MR) is 79.2 cm³/mol. The summed E-state index contributed by atoms with van der Waals surface area (Å²) in [4.78, 5) is 3.80. The number of benzene rings is 1. The SMILES string of the molecule is Cc1ocnc1CCNS(=O)(=O)c1ccc(C2(C(F)(F)F)N=N2)cc1. The van der Waals surface area contributed by atoms with Gasteiger partial charge in [-0.05, 0) is 19.1 Å². The van der Waals surface area contributed by atoms with E-state index in [1.807, 2.05) is 0 Å². The Hall–Kier alpha value is -2.27. The number of halogens is 3. The number of hydrogen-bond acceptors (Lipinski definition) is 6. The molecule has 0 saturated heterocycles. The summed E-state index contributed by atoms with van der Waals surface area (Å²) in [6.07, 6.45) is -3.06. The fourth-order valence-corrected chi connectivity index (χ4v) is 3.30. The first-order valence-electron chi connectivity index (χ1n) is 7.16. The lowest BCUT2D eigenvalue weighted by molar-refractivity contribution is -0.166. The first kappa shape index (κ1) is 17.5. The molecule has 134 valence electrons. The normalized spacial score (nSPS) is 16.2. The van der Waals surface area contributed by atoms with E-state index in [1.165, 1.54) is 6.39 Å². The van der Waals surface area contributed by atoms with Gasteiger partial charge in [-0.3, -0.25) is 0 Å². The van der Waals surface area contributed by atoms with Gasteiger partial charge < -0.3 is 4.42 Å². The van der Waals surface area contributed by atoms with Gasteiger partial charge in [0.15, 0.2) is 6.39 Å². The van der Waals surface area contributed by atoms with E-state index in [9.17, 15) is 21.6 Å². The zero-order valence-electron chi connectivity index (χ0n) is 12.9. The second kappa shape index (κ2) is 5.92. The Morgan fingerprint density at radius 3 is 2.32 bits per heavy atom. The standard InChI is InChI=1S/C14H13F3N4O3S/c1-9-12(18-8-24-9)6-7-19-25(22,23)11-4-2-10(3-5-11)13(20-21-13)14(15,16)17/h2-5,8,19H,6-7H2,1H3. The van der Waals surface area contributed by atoms with Crippen LogP contribution in [0.25, 0.3) is 0 Å². The van der Waals surface area contributed by atoms with E-state index in [1.54, 1.807) is 6.92 Å². The summed E-state index contributed by atoms with van der Waals surface area (Å²) in [6.45, 7) is 1.79. The number of aryl methyl sites for hydroxylation is 1. The Labute approximate surface area is 141 Å². The van der Waals surface area contributed by atoms with Gasteiger partial charge in [0.05, 0.1) is 10.6 Å². The van der Waals surface area contributed by atoms with Gasteiger partial charge in [-0.2, -0.15) is 13.2 Å². The Balaban J connectivity index is 1.68. The molecule has 0 atom stereocenters. The molecule has 0 amide bonds. The van der Waals surface area contributed by atoms with Crippen LogP contribution in [0.3, 0.4) is 0 Å². The number of alkyl halides is 3. The van der Waals surface area contributed by atoms with Gasteiger partial charge in [0, 0.05) is 18.5 Å². The van der Waals surface area contributed by atoms with Crippen LogP contribution in [0.5, 0.6) is 0 Å². The van der Waals surface area contributed by atoms with Crippen molar-refractivity contribution < 1.29 is 26.0 Å². The van der Waals surface area contributed by atoms with Crippen molar-refractivity contribution >= 4 is 10.0 Å². The predicted octanol–water partition coefficient (Wildman–Crippen LogP) is 2.68. The average molecular weight is 374 g/mol. The fourth-order valence-electron chi connectivity index (χ4n) is 2.26. The molecule has 2 aromatic rings. The van der Waals surface area contributed by atoms with Crippen LogP contribution < -0.4 is 4.72 Å². The van der Waals surface area contributed by atoms with Crippen LogP contribution >= 0.6 is 0 Å². The minimum atomic E-state index is -4.65. The van der Waals surface area contributed by atoms with E-state index in [0.717, 1.165) is 24.3 Å². The van der Waals surface area contributed by atoms with Crippen LogP contribution in [0.4, 0.5) is 13.2 Å². The Morgan fingerprint density at radius 2 is 1.84 bits per heavy atom. The Morgan fingerprint density at radius 1 is 1.20 bits per heavy atom. The fraction of sp³-hybridized carbons (Fsp3) is 0.357. The summed E-state index contributed by atoms with van der Waals surface area (Å²) < 4.78 is 70.5. The quantitative estimate of drug-likeness (QED) is 0.841. The van der Waals surface area contributed by atoms with Crippen LogP contribution in [0, 0.1) is 6.92 Å². The third kappa shape index (κ3) is 3.29. The smallest absolute Gasteiger partial charge is 0.442 e. The number of rotatable bonds is 6. The van der Waals surface area contributed by atoms with Crippen molar-refractivity contribution in [3.63, 3.8) is 0 Å². The average Bonchev–Trinajstić information content (AvgIpc) is 3.27. The summed E-state index contributed by atoms with van der Waals surface area (Å²) >= 11 is 0. The van der Waals surface area contributed by atoms with Gasteiger partial charge in [-0.1, -0.05) is 12.1 Å². The molecule has 7 nitrogen and oxygen atoms in total. The van der Waals surface area contributed by atoms with Crippen LogP contribution in [0.15, 0.2) is 50.2 Å². The summed E-state index contributed by atoms with van der Waals surface area (Å²) in [6, 6.07) is 4.30. The van der Waals surface area contributed by atoms with E-state index in [2.05, 4.69) is 19.9 Å². The Bertz CT molecular complexity index is 898.